The number of amides is 1. The molecule has 0 aromatic heterocycles. The van der Waals surface area contributed by atoms with Gasteiger partial charge in [-0.2, -0.15) is 0 Å². The van der Waals surface area contributed by atoms with Crippen LogP contribution in [0.25, 0.3) is 0 Å². The van der Waals surface area contributed by atoms with Crippen LogP contribution in [0.1, 0.15) is 5.56 Å². The second-order valence-electron chi connectivity index (χ2n) is 5.96. The second-order valence-corrected chi connectivity index (χ2v) is 5.96. The predicted molar refractivity (Wildman–Crippen MR) is 82.6 cm³/mol. The maximum Gasteiger partial charge on any atom is 0.309 e. The lowest BCUT2D eigenvalue weighted by Crippen LogP contribution is -2.39. The first-order chi connectivity index (χ1) is 11.6. The van der Waals surface area contributed by atoms with Gasteiger partial charge < -0.3 is 24.6 Å². The number of carbonyl (C=O) groups excluding carboxylic acids is 1. The van der Waals surface area contributed by atoms with Crippen LogP contribution in [0.2, 0.25) is 0 Å². The lowest BCUT2D eigenvalue weighted by molar-refractivity contribution is -0.144. The van der Waals surface area contributed by atoms with E-state index in [-0.39, 0.29) is 13.3 Å². The van der Waals surface area contributed by atoms with E-state index in [0.29, 0.717) is 37.7 Å². The molecule has 3 rings (SSSR count). The largest absolute Gasteiger partial charge is 0.481 e. The summed E-state index contributed by atoms with van der Waals surface area (Å²) >= 11 is 0. The molecule has 0 bridgehead atoms. The minimum atomic E-state index is -0.941. The van der Waals surface area contributed by atoms with Gasteiger partial charge in [-0.15, -0.1) is 0 Å². The van der Waals surface area contributed by atoms with Crippen LogP contribution in [0.5, 0.6) is 11.5 Å². The Morgan fingerprint density at radius 1 is 1.17 bits per heavy atom. The van der Waals surface area contributed by atoms with E-state index in [1.165, 1.54) is 4.90 Å². The van der Waals surface area contributed by atoms with Crippen molar-refractivity contribution in [2.75, 3.05) is 39.6 Å². The molecule has 2 aliphatic heterocycles. The molecule has 1 saturated heterocycles. The molecule has 1 fully saturated rings. The third-order valence-corrected chi connectivity index (χ3v) is 4.29. The number of aliphatic hydroxyl groups excluding tert-OH is 1. The average Bonchev–Trinajstić information content (AvgIpc) is 2.93. The molecule has 0 saturated carbocycles. The van der Waals surface area contributed by atoms with Crippen molar-refractivity contribution in [3.63, 3.8) is 0 Å². The van der Waals surface area contributed by atoms with E-state index in [1.807, 2.05) is 23.1 Å². The molecule has 8 heteroatoms. The van der Waals surface area contributed by atoms with Crippen LogP contribution in [0, 0.1) is 5.92 Å². The van der Waals surface area contributed by atoms with Crippen LogP contribution >= 0.6 is 0 Å². The molecule has 2 aliphatic rings. The van der Waals surface area contributed by atoms with Crippen molar-refractivity contribution < 1.29 is 29.3 Å². The summed E-state index contributed by atoms with van der Waals surface area (Å²) in [5.41, 5.74) is 0.991. The Morgan fingerprint density at radius 2 is 1.96 bits per heavy atom. The number of carbonyl (C=O) groups is 2. The highest BCUT2D eigenvalue weighted by atomic mass is 16.7. The fraction of sp³-hybridized carbons (Fsp3) is 0.500. The average molecular weight is 336 g/mol. The molecule has 8 nitrogen and oxygen atoms in total. The highest BCUT2D eigenvalue weighted by Crippen LogP contribution is 2.32. The van der Waals surface area contributed by atoms with Crippen molar-refractivity contribution in [2.45, 2.75) is 6.54 Å². The first kappa shape index (κ1) is 16.5. The molecule has 1 atom stereocenters. The van der Waals surface area contributed by atoms with Crippen molar-refractivity contribution in [1.29, 1.82) is 0 Å². The van der Waals surface area contributed by atoms with Crippen LogP contribution in [0.15, 0.2) is 18.2 Å². The molecule has 24 heavy (non-hydrogen) atoms. The zero-order chi connectivity index (χ0) is 17.1. The predicted octanol–water partition coefficient (Wildman–Crippen LogP) is -0.247. The summed E-state index contributed by atoms with van der Waals surface area (Å²) in [5, 5.41) is 18.4. The normalized spacial score (nSPS) is 20.7. The monoisotopic (exact) mass is 336 g/mol. The van der Waals surface area contributed by atoms with Crippen molar-refractivity contribution in [3.8, 4) is 11.5 Å². The van der Waals surface area contributed by atoms with Crippen LogP contribution in [-0.4, -0.2) is 71.5 Å². The minimum Gasteiger partial charge on any atom is -0.481 e. The highest BCUT2D eigenvalue weighted by Gasteiger charge is 2.29. The fourth-order valence-corrected chi connectivity index (χ4v) is 3.00. The van der Waals surface area contributed by atoms with Crippen LogP contribution < -0.4 is 9.47 Å². The number of rotatable bonds is 4. The molecule has 1 aromatic carbocycles. The number of ether oxygens (including phenoxy) is 2. The molecular weight excluding hydrogens is 316 g/mol. The van der Waals surface area contributed by atoms with E-state index < -0.39 is 24.4 Å². The summed E-state index contributed by atoms with van der Waals surface area (Å²) in [7, 11) is 0. The molecule has 0 spiro atoms. The number of carboxylic acid groups (broad SMARTS) is 1. The van der Waals surface area contributed by atoms with Crippen LogP contribution in [-0.2, 0) is 16.1 Å². The first-order valence-electron chi connectivity index (χ1n) is 7.79. The molecule has 0 aliphatic carbocycles. The van der Waals surface area contributed by atoms with E-state index in [9.17, 15) is 14.7 Å². The number of hydrogen-bond donors (Lipinski definition) is 2. The maximum absolute atomic E-state index is 11.7. The lowest BCUT2D eigenvalue weighted by atomic mass is 10.1. The van der Waals surface area contributed by atoms with Crippen molar-refractivity contribution in [2.24, 2.45) is 5.92 Å². The van der Waals surface area contributed by atoms with Gasteiger partial charge >= 0.3 is 5.97 Å². The zero-order valence-electron chi connectivity index (χ0n) is 13.2. The highest BCUT2D eigenvalue weighted by molar-refractivity contribution is 5.78. The molecule has 2 heterocycles. The molecular formula is C16H20N2O6. The summed E-state index contributed by atoms with van der Waals surface area (Å²) < 4.78 is 10.6. The molecule has 2 N–H and O–H groups in total. The van der Waals surface area contributed by atoms with Crippen LogP contribution in [0.4, 0.5) is 0 Å². The van der Waals surface area contributed by atoms with E-state index in [2.05, 4.69) is 0 Å². The van der Waals surface area contributed by atoms with Gasteiger partial charge in [-0.05, 0) is 17.7 Å². The quantitative estimate of drug-likeness (QED) is 0.782. The van der Waals surface area contributed by atoms with Crippen molar-refractivity contribution >= 4 is 11.9 Å². The molecule has 0 unspecified atom stereocenters. The Labute approximate surface area is 139 Å². The van der Waals surface area contributed by atoms with Gasteiger partial charge in [-0.1, -0.05) is 6.07 Å². The third kappa shape index (κ3) is 3.60. The Hall–Kier alpha value is -2.32. The number of nitrogens with zero attached hydrogens (tertiary/aromatic N) is 2. The number of aliphatic hydroxyl groups is 1. The Morgan fingerprint density at radius 3 is 2.71 bits per heavy atom. The minimum absolute atomic E-state index is 0.117. The Bertz CT molecular complexity index is 635. The van der Waals surface area contributed by atoms with E-state index in [1.54, 1.807) is 0 Å². The van der Waals surface area contributed by atoms with Crippen molar-refractivity contribution in [3.05, 3.63) is 23.8 Å². The van der Waals surface area contributed by atoms with Gasteiger partial charge in [0.2, 0.25) is 12.7 Å². The van der Waals surface area contributed by atoms with E-state index >= 15 is 0 Å². The lowest BCUT2D eigenvalue weighted by Gasteiger charge is -2.21. The summed E-state index contributed by atoms with van der Waals surface area (Å²) in [6, 6.07) is 5.65. The number of carboxylic acids is 1. The Balaban J connectivity index is 1.70. The van der Waals surface area contributed by atoms with Gasteiger partial charge in [-0.3, -0.25) is 14.5 Å². The van der Waals surface area contributed by atoms with Gasteiger partial charge in [-0.25, -0.2) is 0 Å². The number of fused-ring (bicyclic) bond motifs is 1. The second kappa shape index (κ2) is 7.06. The standard InChI is InChI=1S/C16H20N2O6/c19-9-15(20)18-4-3-17(7-12(8-18)16(21)22)6-11-1-2-13-14(5-11)24-10-23-13/h1-2,5,12,19H,3-4,6-10H2,(H,21,22)/t12-/m0/s1. The van der Waals surface area contributed by atoms with Gasteiger partial charge in [0.15, 0.2) is 11.5 Å². The summed E-state index contributed by atoms with van der Waals surface area (Å²) in [4.78, 5) is 26.6. The molecule has 1 aromatic rings. The van der Waals surface area contributed by atoms with Gasteiger partial charge in [0.1, 0.15) is 6.61 Å². The van der Waals surface area contributed by atoms with Crippen molar-refractivity contribution in [1.82, 2.24) is 9.80 Å². The topological polar surface area (TPSA) is 99.5 Å². The number of benzene rings is 1. The maximum atomic E-state index is 11.7. The van der Waals surface area contributed by atoms with E-state index in [0.717, 1.165) is 5.56 Å². The SMILES string of the molecule is O=C(O)[C@H]1CN(Cc2ccc3c(c2)OCO3)CCN(C(=O)CO)C1. The zero-order valence-corrected chi connectivity index (χ0v) is 13.2. The summed E-state index contributed by atoms with van der Waals surface area (Å²) in [6.07, 6.45) is 0. The summed E-state index contributed by atoms with van der Waals surface area (Å²) in [6.45, 7) is 1.57. The number of aliphatic carboxylic acids is 1. The number of hydrogen-bond acceptors (Lipinski definition) is 6. The van der Waals surface area contributed by atoms with Gasteiger partial charge in [0.25, 0.3) is 0 Å². The fourth-order valence-electron chi connectivity index (χ4n) is 3.00. The van der Waals surface area contributed by atoms with Gasteiger partial charge in [0, 0.05) is 32.7 Å². The Kier molecular flexibility index (Phi) is 4.86. The first-order valence-corrected chi connectivity index (χ1v) is 7.79. The van der Waals surface area contributed by atoms with Gasteiger partial charge in [0.05, 0.1) is 5.92 Å². The molecule has 1 amide bonds. The smallest absolute Gasteiger partial charge is 0.309 e. The third-order valence-electron chi connectivity index (χ3n) is 4.29. The summed E-state index contributed by atoms with van der Waals surface area (Å²) in [5.74, 6) is -0.668. The van der Waals surface area contributed by atoms with E-state index in [4.69, 9.17) is 14.6 Å². The molecule has 130 valence electrons. The van der Waals surface area contributed by atoms with Crippen LogP contribution in [0.3, 0.4) is 0 Å². The molecule has 0 radical (unpaired) electrons.